The molecular formula is C13H19NO. The van der Waals surface area contributed by atoms with Crippen molar-refractivity contribution >= 4 is 6.08 Å². The Morgan fingerprint density at radius 3 is 2.93 bits per heavy atom. The van der Waals surface area contributed by atoms with Crippen LogP contribution in [0, 0.1) is 5.92 Å². The van der Waals surface area contributed by atoms with Crippen LogP contribution in [0.1, 0.15) is 26.0 Å². The molecule has 0 aromatic carbocycles. The van der Waals surface area contributed by atoms with Gasteiger partial charge in [-0.15, -0.1) is 0 Å². The highest BCUT2D eigenvalue weighted by molar-refractivity contribution is 5.49. The molecule has 1 aliphatic heterocycles. The first-order valence-electron chi connectivity index (χ1n) is 5.61. The smallest absolute Gasteiger partial charge is 0.126 e. The van der Waals surface area contributed by atoms with Gasteiger partial charge in [-0.25, -0.2) is 0 Å². The van der Waals surface area contributed by atoms with Crippen molar-refractivity contribution in [3.05, 3.63) is 29.7 Å². The van der Waals surface area contributed by atoms with E-state index in [1.54, 1.807) is 6.26 Å². The van der Waals surface area contributed by atoms with Crippen LogP contribution in [0.3, 0.4) is 0 Å². The molecule has 0 unspecified atom stereocenters. The summed E-state index contributed by atoms with van der Waals surface area (Å²) in [5, 5.41) is 0. The summed E-state index contributed by atoms with van der Waals surface area (Å²) in [4.78, 5) is 2.41. The molecule has 2 nitrogen and oxygen atoms in total. The molecule has 2 rings (SSSR count). The maximum atomic E-state index is 5.36. The van der Waals surface area contributed by atoms with Crippen molar-refractivity contribution in [3.8, 4) is 0 Å². The van der Waals surface area contributed by atoms with Crippen LogP contribution in [0.15, 0.2) is 28.4 Å². The summed E-state index contributed by atoms with van der Waals surface area (Å²) in [7, 11) is 2.19. The van der Waals surface area contributed by atoms with Gasteiger partial charge in [-0.05, 0) is 50.1 Å². The summed E-state index contributed by atoms with van der Waals surface area (Å²) in [6, 6.07) is 4.48. The number of hydrogen-bond donors (Lipinski definition) is 0. The third-order valence-corrected chi connectivity index (χ3v) is 3.25. The van der Waals surface area contributed by atoms with Crippen molar-refractivity contribution in [3.63, 3.8) is 0 Å². The molecule has 82 valence electrons. The maximum Gasteiger partial charge on any atom is 0.126 e. The van der Waals surface area contributed by atoms with Crippen molar-refractivity contribution in [2.24, 2.45) is 5.92 Å². The second kappa shape index (κ2) is 4.23. The van der Waals surface area contributed by atoms with Crippen molar-refractivity contribution in [2.45, 2.75) is 26.3 Å². The van der Waals surface area contributed by atoms with Crippen LogP contribution in [0.2, 0.25) is 0 Å². The Balaban J connectivity index is 2.20. The molecule has 2 atom stereocenters. The lowest BCUT2D eigenvalue weighted by atomic mass is 9.90. The van der Waals surface area contributed by atoms with Gasteiger partial charge < -0.3 is 4.42 Å². The quantitative estimate of drug-likeness (QED) is 0.700. The molecule has 0 radical (unpaired) electrons. The second-order valence-electron chi connectivity index (χ2n) is 4.66. The van der Waals surface area contributed by atoms with Crippen LogP contribution >= 0.6 is 0 Å². The lowest BCUT2D eigenvalue weighted by Gasteiger charge is -2.36. The molecule has 0 bridgehead atoms. The molecule has 1 saturated heterocycles. The minimum Gasteiger partial charge on any atom is -0.465 e. The molecule has 2 heteroatoms. The standard InChI is InChI=1S/C13H19NO/c1-10-7-12(11(2)14(3)9-10)8-13-5-4-6-15-13/h4-6,8,10-11H,7,9H2,1-3H3/t10-,11-/m0/s1. The first-order chi connectivity index (χ1) is 7.16. The zero-order valence-corrected chi connectivity index (χ0v) is 9.73. The number of likely N-dealkylation sites (N-methyl/N-ethyl adjacent to an activating group) is 1. The molecular weight excluding hydrogens is 186 g/mol. The average Bonchev–Trinajstić information content (AvgIpc) is 2.66. The second-order valence-corrected chi connectivity index (χ2v) is 4.66. The minimum absolute atomic E-state index is 0.534. The third-order valence-electron chi connectivity index (χ3n) is 3.25. The molecule has 1 aromatic heterocycles. The summed E-state index contributed by atoms with van der Waals surface area (Å²) >= 11 is 0. The monoisotopic (exact) mass is 205 g/mol. The lowest BCUT2D eigenvalue weighted by Crippen LogP contribution is -2.39. The van der Waals surface area contributed by atoms with Crippen LogP contribution < -0.4 is 0 Å². The van der Waals surface area contributed by atoms with Gasteiger partial charge in [0.15, 0.2) is 0 Å². The Morgan fingerprint density at radius 2 is 2.27 bits per heavy atom. The maximum absolute atomic E-state index is 5.36. The van der Waals surface area contributed by atoms with Crippen molar-refractivity contribution < 1.29 is 4.42 Å². The fraction of sp³-hybridized carbons (Fsp3) is 0.538. The highest BCUT2D eigenvalue weighted by Gasteiger charge is 2.23. The van der Waals surface area contributed by atoms with Gasteiger partial charge in [0.1, 0.15) is 5.76 Å². The van der Waals surface area contributed by atoms with Gasteiger partial charge in [0.2, 0.25) is 0 Å². The summed E-state index contributed by atoms with van der Waals surface area (Å²) in [5.41, 5.74) is 1.48. The zero-order chi connectivity index (χ0) is 10.8. The predicted octanol–water partition coefficient (Wildman–Crippen LogP) is 3.02. The van der Waals surface area contributed by atoms with Crippen LogP contribution in [0.25, 0.3) is 6.08 Å². The van der Waals surface area contributed by atoms with Gasteiger partial charge in [-0.1, -0.05) is 6.92 Å². The summed E-state index contributed by atoms with van der Waals surface area (Å²) in [6.07, 6.45) is 5.11. The Kier molecular flexibility index (Phi) is 2.96. The molecule has 0 aliphatic carbocycles. The zero-order valence-electron chi connectivity index (χ0n) is 9.73. The average molecular weight is 205 g/mol. The van der Waals surface area contributed by atoms with E-state index in [4.69, 9.17) is 4.42 Å². The predicted molar refractivity (Wildman–Crippen MR) is 62.6 cm³/mol. The van der Waals surface area contributed by atoms with E-state index in [2.05, 4.69) is 31.9 Å². The van der Waals surface area contributed by atoms with Gasteiger partial charge in [-0.2, -0.15) is 0 Å². The molecule has 0 saturated carbocycles. The number of hydrogen-bond acceptors (Lipinski definition) is 2. The normalized spacial score (nSPS) is 31.0. The molecule has 1 aromatic rings. The van der Waals surface area contributed by atoms with E-state index in [0.29, 0.717) is 6.04 Å². The minimum atomic E-state index is 0.534. The topological polar surface area (TPSA) is 16.4 Å². The van der Waals surface area contributed by atoms with Crippen molar-refractivity contribution in [1.82, 2.24) is 4.90 Å². The summed E-state index contributed by atoms with van der Waals surface area (Å²) in [5.74, 6) is 1.71. The van der Waals surface area contributed by atoms with Crippen molar-refractivity contribution in [2.75, 3.05) is 13.6 Å². The Morgan fingerprint density at radius 1 is 1.47 bits per heavy atom. The Labute approximate surface area is 91.6 Å². The summed E-state index contributed by atoms with van der Waals surface area (Å²) in [6.45, 7) is 5.76. The molecule has 15 heavy (non-hydrogen) atoms. The molecule has 1 aliphatic rings. The third kappa shape index (κ3) is 2.32. The molecule has 0 amide bonds. The van der Waals surface area contributed by atoms with Crippen LogP contribution in [0.4, 0.5) is 0 Å². The van der Waals surface area contributed by atoms with E-state index >= 15 is 0 Å². The van der Waals surface area contributed by atoms with Gasteiger partial charge >= 0.3 is 0 Å². The first kappa shape index (κ1) is 10.5. The van der Waals surface area contributed by atoms with Gasteiger partial charge in [0, 0.05) is 12.6 Å². The largest absolute Gasteiger partial charge is 0.465 e. The van der Waals surface area contributed by atoms with E-state index in [9.17, 15) is 0 Å². The van der Waals surface area contributed by atoms with E-state index < -0.39 is 0 Å². The number of rotatable bonds is 1. The number of piperidine rings is 1. The molecule has 0 N–H and O–H groups in total. The lowest BCUT2D eigenvalue weighted by molar-refractivity contribution is 0.207. The van der Waals surface area contributed by atoms with Gasteiger partial charge in [-0.3, -0.25) is 4.90 Å². The molecule has 1 fully saturated rings. The van der Waals surface area contributed by atoms with Gasteiger partial charge in [0.05, 0.1) is 6.26 Å². The Bertz CT molecular complexity index is 339. The van der Waals surface area contributed by atoms with E-state index in [1.807, 2.05) is 12.1 Å². The van der Waals surface area contributed by atoms with Crippen molar-refractivity contribution in [1.29, 1.82) is 0 Å². The number of nitrogens with zero attached hydrogens (tertiary/aromatic N) is 1. The van der Waals surface area contributed by atoms with E-state index in [-0.39, 0.29) is 0 Å². The van der Waals surface area contributed by atoms with Crippen LogP contribution in [0.5, 0.6) is 0 Å². The SMILES string of the molecule is C[C@H]1CC(=Cc2ccco2)[C@H](C)N(C)C1. The van der Waals surface area contributed by atoms with E-state index in [0.717, 1.165) is 11.7 Å². The number of likely N-dealkylation sites (tertiary alicyclic amines) is 1. The number of furan rings is 1. The van der Waals surface area contributed by atoms with Gasteiger partial charge in [0.25, 0.3) is 0 Å². The highest BCUT2D eigenvalue weighted by atomic mass is 16.3. The van der Waals surface area contributed by atoms with E-state index in [1.165, 1.54) is 18.5 Å². The Hall–Kier alpha value is -1.02. The highest BCUT2D eigenvalue weighted by Crippen LogP contribution is 2.27. The fourth-order valence-corrected chi connectivity index (χ4v) is 2.31. The van der Waals surface area contributed by atoms with Crippen LogP contribution in [-0.2, 0) is 0 Å². The molecule has 2 heterocycles. The summed E-state index contributed by atoms with van der Waals surface area (Å²) < 4.78 is 5.36. The fourth-order valence-electron chi connectivity index (χ4n) is 2.31. The van der Waals surface area contributed by atoms with Crippen LogP contribution in [-0.4, -0.2) is 24.5 Å². The first-order valence-corrected chi connectivity index (χ1v) is 5.61. The molecule has 0 spiro atoms.